The van der Waals surface area contributed by atoms with Gasteiger partial charge in [-0.1, -0.05) is 82.8 Å². The molecule has 0 aliphatic carbocycles. The van der Waals surface area contributed by atoms with Crippen LogP contribution in [0.15, 0.2) is 71.8 Å². The summed E-state index contributed by atoms with van der Waals surface area (Å²) in [6.07, 6.45) is 0.701. The molecule has 3 rings (SSSR count). The minimum Gasteiger partial charge on any atom is -0.479 e. The Morgan fingerprint density at radius 2 is 1.57 bits per heavy atom. The molecule has 2 N–H and O–H groups in total. The van der Waals surface area contributed by atoms with E-state index in [1.807, 2.05) is 30.3 Å². The van der Waals surface area contributed by atoms with Gasteiger partial charge >= 0.3 is 0 Å². The van der Waals surface area contributed by atoms with E-state index in [1.54, 1.807) is 37.3 Å². The van der Waals surface area contributed by atoms with Crippen LogP contribution in [0, 0.1) is 0 Å². The van der Waals surface area contributed by atoms with Crippen LogP contribution in [0.2, 0.25) is 20.1 Å². The molecule has 0 aromatic heterocycles. The average molecular weight is 553 g/mol. The SMILES string of the molecule is C[C@@H](Oc1ccc(Cl)cc1Cl)C(=O)N[C@H](Cc1ccccc1)C(=O)N/N=C\c1ccc(Cl)cc1Cl. The Bertz CT molecular complexity index is 1220. The zero-order chi connectivity index (χ0) is 25.4. The van der Waals surface area contributed by atoms with Crippen LogP contribution in [-0.2, 0) is 16.0 Å². The second-order valence-electron chi connectivity index (χ2n) is 7.49. The lowest BCUT2D eigenvalue weighted by Crippen LogP contribution is -2.50. The molecule has 0 bridgehead atoms. The number of nitrogens with zero attached hydrogens (tertiary/aromatic N) is 1. The number of hydrazone groups is 1. The zero-order valence-electron chi connectivity index (χ0n) is 18.5. The number of hydrogen-bond acceptors (Lipinski definition) is 4. The molecule has 0 heterocycles. The van der Waals surface area contributed by atoms with Crippen molar-refractivity contribution in [2.24, 2.45) is 5.10 Å². The van der Waals surface area contributed by atoms with Crippen molar-refractivity contribution in [1.29, 1.82) is 0 Å². The van der Waals surface area contributed by atoms with Crippen LogP contribution in [0.1, 0.15) is 18.1 Å². The number of rotatable bonds is 9. The fraction of sp³-hybridized carbons (Fsp3) is 0.160. The predicted molar refractivity (Wildman–Crippen MR) is 141 cm³/mol. The first-order chi connectivity index (χ1) is 16.7. The fourth-order valence-corrected chi connectivity index (χ4v) is 3.92. The summed E-state index contributed by atoms with van der Waals surface area (Å²) in [5, 5.41) is 8.27. The molecule has 0 unspecified atom stereocenters. The van der Waals surface area contributed by atoms with E-state index in [9.17, 15) is 9.59 Å². The molecule has 6 nitrogen and oxygen atoms in total. The van der Waals surface area contributed by atoms with Gasteiger partial charge in [0.25, 0.3) is 11.8 Å². The van der Waals surface area contributed by atoms with Crippen LogP contribution >= 0.6 is 46.4 Å². The molecule has 2 amide bonds. The molecule has 0 aliphatic rings. The van der Waals surface area contributed by atoms with E-state index in [2.05, 4.69) is 15.8 Å². The first-order valence-corrected chi connectivity index (χ1v) is 12.0. The maximum Gasteiger partial charge on any atom is 0.262 e. The van der Waals surface area contributed by atoms with Crippen molar-refractivity contribution in [3.8, 4) is 5.75 Å². The van der Waals surface area contributed by atoms with Gasteiger partial charge in [0.1, 0.15) is 11.8 Å². The van der Waals surface area contributed by atoms with E-state index >= 15 is 0 Å². The molecule has 2 atom stereocenters. The molecule has 35 heavy (non-hydrogen) atoms. The Balaban J connectivity index is 1.70. The molecule has 182 valence electrons. The van der Waals surface area contributed by atoms with Crippen molar-refractivity contribution in [2.75, 3.05) is 0 Å². The van der Waals surface area contributed by atoms with E-state index in [1.165, 1.54) is 12.3 Å². The van der Waals surface area contributed by atoms with E-state index in [4.69, 9.17) is 51.1 Å². The number of carbonyl (C=O) groups is 2. The number of amides is 2. The third-order valence-corrected chi connectivity index (χ3v) is 5.92. The lowest BCUT2D eigenvalue weighted by molar-refractivity contribution is -0.132. The first-order valence-electron chi connectivity index (χ1n) is 10.5. The Morgan fingerprint density at radius 3 is 2.23 bits per heavy atom. The maximum atomic E-state index is 12.9. The number of carbonyl (C=O) groups excluding carboxylic acids is 2. The highest BCUT2D eigenvalue weighted by Crippen LogP contribution is 2.28. The van der Waals surface area contributed by atoms with Gasteiger partial charge in [0, 0.05) is 22.0 Å². The first kappa shape index (κ1) is 26.8. The van der Waals surface area contributed by atoms with Gasteiger partial charge in [-0.15, -0.1) is 0 Å². The Hall–Kier alpha value is -2.77. The molecule has 3 aromatic carbocycles. The Kier molecular flexibility index (Phi) is 9.81. The summed E-state index contributed by atoms with van der Waals surface area (Å²) >= 11 is 24.1. The Labute approximate surface area is 223 Å². The molecule has 10 heteroatoms. The minimum atomic E-state index is -0.934. The van der Waals surface area contributed by atoms with E-state index in [0.717, 1.165) is 5.56 Å². The van der Waals surface area contributed by atoms with Crippen LogP contribution < -0.4 is 15.5 Å². The van der Waals surface area contributed by atoms with Gasteiger partial charge in [0.05, 0.1) is 16.3 Å². The molecule has 0 fully saturated rings. The van der Waals surface area contributed by atoms with E-state index in [0.29, 0.717) is 26.4 Å². The largest absolute Gasteiger partial charge is 0.479 e. The summed E-state index contributed by atoms with van der Waals surface area (Å²) in [5.41, 5.74) is 3.88. The van der Waals surface area contributed by atoms with Crippen molar-refractivity contribution in [3.63, 3.8) is 0 Å². The normalized spacial score (nSPS) is 12.7. The van der Waals surface area contributed by atoms with Gasteiger partial charge in [-0.2, -0.15) is 5.10 Å². The van der Waals surface area contributed by atoms with Crippen LogP contribution in [0.3, 0.4) is 0 Å². The van der Waals surface area contributed by atoms with Crippen molar-refractivity contribution in [1.82, 2.24) is 10.7 Å². The molecule has 0 saturated carbocycles. The van der Waals surface area contributed by atoms with Crippen molar-refractivity contribution in [3.05, 3.63) is 97.9 Å². The maximum absolute atomic E-state index is 12.9. The molecule has 0 spiro atoms. The lowest BCUT2D eigenvalue weighted by atomic mass is 10.1. The number of nitrogens with one attached hydrogen (secondary N) is 2. The summed E-state index contributed by atoms with van der Waals surface area (Å²) in [6, 6.07) is 17.9. The van der Waals surface area contributed by atoms with Gasteiger partial charge in [-0.25, -0.2) is 5.43 Å². The number of ether oxygens (including phenoxy) is 1. The van der Waals surface area contributed by atoms with Crippen LogP contribution in [0.4, 0.5) is 0 Å². The van der Waals surface area contributed by atoms with Gasteiger partial charge in [0.15, 0.2) is 6.10 Å². The third kappa shape index (κ3) is 8.15. The van der Waals surface area contributed by atoms with Gasteiger partial charge < -0.3 is 10.1 Å². The van der Waals surface area contributed by atoms with E-state index in [-0.39, 0.29) is 11.4 Å². The van der Waals surface area contributed by atoms with Crippen LogP contribution in [0.25, 0.3) is 0 Å². The second kappa shape index (κ2) is 12.8. The Morgan fingerprint density at radius 1 is 0.914 bits per heavy atom. The zero-order valence-corrected chi connectivity index (χ0v) is 21.5. The highest BCUT2D eigenvalue weighted by molar-refractivity contribution is 6.36. The predicted octanol–water partition coefficient (Wildman–Crippen LogP) is 5.95. The highest BCUT2D eigenvalue weighted by Gasteiger charge is 2.25. The quantitative estimate of drug-likeness (QED) is 0.254. The van der Waals surface area contributed by atoms with Gasteiger partial charge in [-0.3, -0.25) is 9.59 Å². The van der Waals surface area contributed by atoms with Gasteiger partial charge in [-0.05, 0) is 42.8 Å². The fourth-order valence-electron chi connectivity index (χ4n) is 3.01. The number of hydrogen-bond donors (Lipinski definition) is 2. The lowest BCUT2D eigenvalue weighted by Gasteiger charge is -2.21. The summed E-state index contributed by atoms with van der Waals surface area (Å²) in [7, 11) is 0. The molecule has 3 aromatic rings. The van der Waals surface area contributed by atoms with Crippen LogP contribution in [-0.4, -0.2) is 30.2 Å². The molecule has 0 aliphatic heterocycles. The summed E-state index contributed by atoms with van der Waals surface area (Å²) in [6.45, 7) is 1.55. The highest BCUT2D eigenvalue weighted by atomic mass is 35.5. The van der Waals surface area contributed by atoms with Gasteiger partial charge in [0.2, 0.25) is 0 Å². The molecular weight excluding hydrogens is 532 g/mol. The number of halogens is 4. The smallest absolute Gasteiger partial charge is 0.262 e. The third-order valence-electron chi connectivity index (χ3n) is 4.82. The number of benzene rings is 3. The average Bonchev–Trinajstić information content (AvgIpc) is 2.82. The van der Waals surface area contributed by atoms with E-state index < -0.39 is 24.0 Å². The molecule has 0 saturated heterocycles. The molecular formula is C25H21Cl4N3O3. The second-order valence-corrected chi connectivity index (χ2v) is 9.17. The topological polar surface area (TPSA) is 79.8 Å². The van der Waals surface area contributed by atoms with Crippen molar-refractivity contribution >= 4 is 64.4 Å². The van der Waals surface area contributed by atoms with Crippen LogP contribution in [0.5, 0.6) is 5.75 Å². The standard InChI is InChI=1S/C25H21Cl4N3O3/c1-15(35-23-10-9-19(27)13-21(23)29)24(33)31-22(11-16-5-3-2-4-6-16)25(34)32-30-14-17-7-8-18(26)12-20(17)28/h2-10,12-15,22H,11H2,1H3,(H,31,33)(H,32,34)/b30-14-/t15-,22-/m1/s1. The van der Waals surface area contributed by atoms with Crippen molar-refractivity contribution < 1.29 is 14.3 Å². The summed E-state index contributed by atoms with van der Waals surface area (Å²) in [4.78, 5) is 25.8. The van der Waals surface area contributed by atoms with Crippen molar-refractivity contribution in [2.45, 2.75) is 25.5 Å². The molecule has 0 radical (unpaired) electrons. The summed E-state index contributed by atoms with van der Waals surface area (Å²) < 4.78 is 5.67. The summed E-state index contributed by atoms with van der Waals surface area (Å²) in [5.74, 6) is -0.718. The monoisotopic (exact) mass is 551 g/mol. The minimum absolute atomic E-state index is 0.240.